The standard InChI is InChI=1S/C24H25FN4O2/c1-4-24(16(2)3)13-21(30)29(23(26)28-24)15-17-8-10-19(11-9-17)22(31)27-14-18-6-5-7-20(25)12-18/h1,5-12,16H,13-15H2,2-3H3,(H2,26,28)(H,27,31)/t24-/m0/s1. The second kappa shape index (κ2) is 9.00. The van der Waals surface area contributed by atoms with E-state index in [1.54, 1.807) is 36.4 Å². The highest BCUT2D eigenvalue weighted by Gasteiger charge is 2.40. The van der Waals surface area contributed by atoms with Gasteiger partial charge in [0.15, 0.2) is 5.96 Å². The van der Waals surface area contributed by atoms with Crippen LogP contribution in [-0.2, 0) is 17.9 Å². The van der Waals surface area contributed by atoms with Crippen LogP contribution in [0.25, 0.3) is 0 Å². The van der Waals surface area contributed by atoms with Crippen LogP contribution >= 0.6 is 0 Å². The van der Waals surface area contributed by atoms with Gasteiger partial charge in [-0.25, -0.2) is 9.38 Å². The maximum Gasteiger partial charge on any atom is 0.251 e. The quantitative estimate of drug-likeness (QED) is 0.705. The van der Waals surface area contributed by atoms with Crippen LogP contribution in [0, 0.1) is 24.1 Å². The van der Waals surface area contributed by atoms with Crippen LogP contribution in [-0.4, -0.2) is 28.2 Å². The van der Waals surface area contributed by atoms with E-state index in [0.29, 0.717) is 11.1 Å². The van der Waals surface area contributed by atoms with Crippen LogP contribution in [0.15, 0.2) is 53.5 Å². The zero-order chi connectivity index (χ0) is 22.6. The van der Waals surface area contributed by atoms with Gasteiger partial charge in [0.05, 0.1) is 13.0 Å². The number of nitrogens with two attached hydrogens (primary N) is 1. The lowest BCUT2D eigenvalue weighted by atomic mass is 9.83. The molecule has 3 N–H and O–H groups in total. The molecule has 31 heavy (non-hydrogen) atoms. The molecule has 0 saturated heterocycles. The summed E-state index contributed by atoms with van der Waals surface area (Å²) in [5, 5.41) is 2.76. The first-order chi connectivity index (χ1) is 14.7. The molecule has 2 amide bonds. The van der Waals surface area contributed by atoms with Crippen molar-refractivity contribution < 1.29 is 14.0 Å². The lowest BCUT2D eigenvalue weighted by molar-refractivity contribution is -0.129. The molecule has 0 bridgehead atoms. The van der Waals surface area contributed by atoms with Crippen LogP contribution in [0.5, 0.6) is 0 Å². The number of hydrogen-bond acceptors (Lipinski definition) is 4. The SMILES string of the molecule is C#C[C@@]1(C(C)C)CC(=O)N(Cc2ccc(C(=O)NCc3cccc(F)c3)cc2)C(N)=N1. The third-order valence-electron chi connectivity index (χ3n) is 5.42. The predicted molar refractivity (Wildman–Crippen MR) is 117 cm³/mol. The van der Waals surface area contributed by atoms with Crippen LogP contribution < -0.4 is 11.1 Å². The maximum atomic E-state index is 13.2. The third-order valence-corrected chi connectivity index (χ3v) is 5.42. The number of aliphatic imine (C=N–C) groups is 1. The van der Waals surface area contributed by atoms with Crippen LogP contribution in [0.1, 0.15) is 41.8 Å². The summed E-state index contributed by atoms with van der Waals surface area (Å²) < 4.78 is 13.2. The first-order valence-corrected chi connectivity index (χ1v) is 9.99. The summed E-state index contributed by atoms with van der Waals surface area (Å²) in [6, 6.07) is 12.9. The van der Waals surface area contributed by atoms with Crippen molar-refractivity contribution in [1.82, 2.24) is 10.2 Å². The Morgan fingerprint density at radius 3 is 2.58 bits per heavy atom. The Morgan fingerprint density at radius 2 is 2.00 bits per heavy atom. The first kappa shape index (κ1) is 22.0. The molecule has 3 rings (SSSR count). The summed E-state index contributed by atoms with van der Waals surface area (Å²) in [5.74, 6) is 1.90. The molecule has 7 heteroatoms. The van der Waals surface area contributed by atoms with Crippen molar-refractivity contribution in [3.8, 4) is 12.3 Å². The normalized spacial score (nSPS) is 18.5. The van der Waals surface area contributed by atoms with Crippen molar-refractivity contribution in [1.29, 1.82) is 0 Å². The molecule has 6 nitrogen and oxygen atoms in total. The van der Waals surface area contributed by atoms with Gasteiger partial charge in [-0.1, -0.05) is 44.0 Å². The van der Waals surface area contributed by atoms with Crippen molar-refractivity contribution in [3.63, 3.8) is 0 Å². The lowest BCUT2D eigenvalue weighted by Crippen LogP contribution is -2.52. The number of carbonyl (C=O) groups is 2. The van der Waals surface area contributed by atoms with Crippen LogP contribution in [0.3, 0.4) is 0 Å². The Bertz CT molecular complexity index is 1060. The molecule has 1 aliphatic rings. The number of halogens is 1. The average Bonchev–Trinajstić information content (AvgIpc) is 2.74. The molecule has 1 heterocycles. The van der Waals surface area contributed by atoms with E-state index in [1.807, 2.05) is 13.8 Å². The minimum Gasteiger partial charge on any atom is -0.369 e. The minimum atomic E-state index is -0.915. The number of hydrogen-bond donors (Lipinski definition) is 2. The maximum absolute atomic E-state index is 13.2. The molecule has 2 aromatic carbocycles. The van der Waals surface area contributed by atoms with Gasteiger partial charge in [-0.15, -0.1) is 6.42 Å². The highest BCUT2D eigenvalue weighted by Crippen LogP contribution is 2.30. The number of nitrogens with zero attached hydrogens (tertiary/aromatic N) is 2. The predicted octanol–water partition coefficient (Wildman–Crippen LogP) is 2.83. The zero-order valence-corrected chi connectivity index (χ0v) is 17.6. The van der Waals surface area contributed by atoms with E-state index in [-0.39, 0.29) is 49.0 Å². The van der Waals surface area contributed by atoms with Crippen LogP contribution in [0.4, 0.5) is 4.39 Å². The average molecular weight is 420 g/mol. The van der Waals surface area contributed by atoms with Gasteiger partial charge in [0.25, 0.3) is 5.91 Å². The fourth-order valence-electron chi connectivity index (χ4n) is 3.39. The second-order valence-electron chi connectivity index (χ2n) is 7.86. The van der Waals surface area contributed by atoms with E-state index in [0.717, 1.165) is 5.56 Å². The molecule has 160 valence electrons. The van der Waals surface area contributed by atoms with Crippen LogP contribution in [0.2, 0.25) is 0 Å². The molecule has 0 aromatic heterocycles. The summed E-state index contributed by atoms with van der Waals surface area (Å²) in [6.07, 6.45) is 5.74. The van der Waals surface area contributed by atoms with Crippen molar-refractivity contribution in [2.24, 2.45) is 16.6 Å². The Balaban J connectivity index is 1.65. The van der Waals surface area contributed by atoms with E-state index in [1.165, 1.54) is 17.0 Å². The molecule has 0 unspecified atom stereocenters. The summed E-state index contributed by atoms with van der Waals surface area (Å²) in [7, 11) is 0. The molecule has 1 aliphatic heterocycles. The summed E-state index contributed by atoms with van der Waals surface area (Å²) in [5.41, 5.74) is 7.07. The molecule has 0 saturated carbocycles. The van der Waals surface area contributed by atoms with Gasteiger partial charge < -0.3 is 11.1 Å². The largest absolute Gasteiger partial charge is 0.369 e. The smallest absolute Gasteiger partial charge is 0.251 e. The number of nitrogens with one attached hydrogen (secondary N) is 1. The van der Waals surface area contributed by atoms with Gasteiger partial charge in [-0.05, 0) is 41.3 Å². The monoisotopic (exact) mass is 420 g/mol. The summed E-state index contributed by atoms with van der Waals surface area (Å²) >= 11 is 0. The van der Waals surface area contributed by atoms with Gasteiger partial charge in [-0.3, -0.25) is 14.5 Å². The number of carbonyl (C=O) groups excluding carboxylic acids is 2. The minimum absolute atomic E-state index is 0.0210. The van der Waals surface area contributed by atoms with E-state index < -0.39 is 5.54 Å². The molecule has 1 atom stereocenters. The molecule has 0 aliphatic carbocycles. The number of terminal acetylenes is 1. The van der Waals surface area contributed by atoms with Gasteiger partial charge in [0.1, 0.15) is 11.4 Å². The summed E-state index contributed by atoms with van der Waals surface area (Å²) in [6.45, 7) is 4.29. The number of rotatable bonds is 6. The lowest BCUT2D eigenvalue weighted by Gasteiger charge is -2.36. The fourth-order valence-corrected chi connectivity index (χ4v) is 3.39. The number of guanidine groups is 1. The molecular formula is C24H25FN4O2. The van der Waals surface area contributed by atoms with Gasteiger partial charge in [-0.2, -0.15) is 0 Å². The molecule has 0 spiro atoms. The third kappa shape index (κ3) is 4.92. The van der Waals surface area contributed by atoms with Crippen molar-refractivity contribution in [2.45, 2.75) is 38.9 Å². The molecule has 2 aromatic rings. The zero-order valence-electron chi connectivity index (χ0n) is 17.6. The number of benzene rings is 2. The van der Waals surface area contributed by atoms with Crippen molar-refractivity contribution in [2.75, 3.05) is 0 Å². The summed E-state index contributed by atoms with van der Waals surface area (Å²) in [4.78, 5) is 30.9. The Kier molecular flexibility index (Phi) is 6.40. The van der Waals surface area contributed by atoms with E-state index in [2.05, 4.69) is 16.2 Å². The van der Waals surface area contributed by atoms with Gasteiger partial charge >= 0.3 is 0 Å². The highest BCUT2D eigenvalue weighted by atomic mass is 19.1. The number of amides is 2. The van der Waals surface area contributed by atoms with Crippen molar-refractivity contribution in [3.05, 3.63) is 71.0 Å². The Labute approximate surface area is 181 Å². The fraction of sp³-hybridized carbons (Fsp3) is 0.292. The first-order valence-electron chi connectivity index (χ1n) is 9.99. The van der Waals surface area contributed by atoms with E-state index in [9.17, 15) is 14.0 Å². The Hall–Kier alpha value is -3.66. The second-order valence-corrected chi connectivity index (χ2v) is 7.86. The molecular weight excluding hydrogens is 395 g/mol. The van der Waals surface area contributed by atoms with Gasteiger partial charge in [0, 0.05) is 12.1 Å². The Morgan fingerprint density at radius 1 is 1.29 bits per heavy atom. The highest BCUT2D eigenvalue weighted by molar-refractivity contribution is 5.99. The van der Waals surface area contributed by atoms with E-state index in [4.69, 9.17) is 12.2 Å². The molecule has 0 fully saturated rings. The van der Waals surface area contributed by atoms with Gasteiger partial charge in [0.2, 0.25) is 5.91 Å². The molecule has 0 radical (unpaired) electrons. The topological polar surface area (TPSA) is 87.8 Å². The van der Waals surface area contributed by atoms with E-state index >= 15 is 0 Å². The van der Waals surface area contributed by atoms with Crippen molar-refractivity contribution >= 4 is 17.8 Å².